The average Bonchev–Trinajstić information content (AvgIpc) is 3.29. The number of nitrogens with zero attached hydrogens (tertiary/aromatic N) is 2. The van der Waals surface area contributed by atoms with E-state index in [4.69, 9.17) is 21.1 Å². The van der Waals surface area contributed by atoms with Crippen LogP contribution in [0.1, 0.15) is 27.3 Å². The van der Waals surface area contributed by atoms with Gasteiger partial charge in [-0.05, 0) is 65.7 Å². The number of rotatable bonds is 10. The summed E-state index contributed by atoms with van der Waals surface area (Å²) < 4.78 is 57.4. The second-order valence-corrected chi connectivity index (χ2v) is 9.77. The molecule has 0 spiro atoms. The van der Waals surface area contributed by atoms with E-state index in [1.165, 1.54) is 43.5 Å². The summed E-state index contributed by atoms with van der Waals surface area (Å²) in [4.78, 5) is 16.0. The number of benzene rings is 4. The molecule has 0 unspecified atom stereocenters. The normalized spacial score (nSPS) is 11.2. The highest BCUT2D eigenvalue weighted by Gasteiger charge is 2.19. The van der Waals surface area contributed by atoms with E-state index >= 15 is 8.78 Å². The molecule has 0 aliphatic carbocycles. The van der Waals surface area contributed by atoms with E-state index < -0.39 is 23.4 Å². The number of hydrogen-bond donors (Lipinski definition) is 1. The van der Waals surface area contributed by atoms with Crippen LogP contribution in [0.5, 0.6) is 5.75 Å². The number of halogens is 4. The molecular formula is C31H24ClF3N2O4. The van der Waals surface area contributed by atoms with Gasteiger partial charge in [0.05, 0.1) is 23.2 Å². The lowest BCUT2D eigenvalue weighted by Gasteiger charge is -2.12. The summed E-state index contributed by atoms with van der Waals surface area (Å²) in [5.74, 6) is -2.33. The monoisotopic (exact) mass is 580 g/mol. The molecule has 210 valence electrons. The quantitative estimate of drug-likeness (QED) is 0.188. The molecule has 0 atom stereocenters. The molecule has 0 saturated carbocycles. The molecule has 0 amide bonds. The van der Waals surface area contributed by atoms with Gasteiger partial charge in [0.2, 0.25) is 0 Å². The molecule has 6 nitrogen and oxygen atoms in total. The molecule has 1 heterocycles. The minimum Gasteiger partial charge on any atom is -0.489 e. The van der Waals surface area contributed by atoms with Crippen LogP contribution in [0.4, 0.5) is 13.2 Å². The molecule has 1 N–H and O–H groups in total. The molecule has 5 aromatic rings. The van der Waals surface area contributed by atoms with Crippen molar-refractivity contribution in [3.05, 3.63) is 118 Å². The number of carboxylic acids is 1. The molecule has 4 aromatic carbocycles. The summed E-state index contributed by atoms with van der Waals surface area (Å²) in [5, 5.41) is 9.66. The first-order valence-corrected chi connectivity index (χ1v) is 13.0. The third kappa shape index (κ3) is 6.21. The summed E-state index contributed by atoms with van der Waals surface area (Å²) >= 11 is 5.80. The van der Waals surface area contributed by atoms with Gasteiger partial charge in [0, 0.05) is 36.2 Å². The summed E-state index contributed by atoms with van der Waals surface area (Å²) in [6, 6.07) is 17.9. The first-order valence-electron chi connectivity index (χ1n) is 12.6. The summed E-state index contributed by atoms with van der Waals surface area (Å²) in [6.45, 7) is 0.564. The van der Waals surface area contributed by atoms with Gasteiger partial charge >= 0.3 is 5.97 Å². The van der Waals surface area contributed by atoms with Gasteiger partial charge in [-0.3, -0.25) is 0 Å². The van der Waals surface area contributed by atoms with E-state index in [9.17, 15) is 14.3 Å². The van der Waals surface area contributed by atoms with Gasteiger partial charge in [-0.15, -0.1) is 0 Å². The van der Waals surface area contributed by atoms with Crippen molar-refractivity contribution in [1.82, 2.24) is 9.55 Å². The molecule has 0 aliphatic heterocycles. The van der Waals surface area contributed by atoms with Gasteiger partial charge in [-0.2, -0.15) is 0 Å². The maximum Gasteiger partial charge on any atom is 0.335 e. The van der Waals surface area contributed by atoms with E-state index in [1.807, 2.05) is 0 Å². The van der Waals surface area contributed by atoms with Crippen molar-refractivity contribution < 1.29 is 32.5 Å². The van der Waals surface area contributed by atoms with Crippen LogP contribution in [-0.2, 0) is 24.3 Å². The number of fused-ring (bicyclic) bond motifs is 1. The Morgan fingerprint density at radius 1 is 0.951 bits per heavy atom. The Bertz CT molecular complexity index is 1730. The Balaban J connectivity index is 1.41. The molecule has 41 heavy (non-hydrogen) atoms. The lowest BCUT2D eigenvalue weighted by atomic mass is 10.0. The summed E-state index contributed by atoms with van der Waals surface area (Å²) in [7, 11) is 1.52. The van der Waals surface area contributed by atoms with Crippen LogP contribution in [0.2, 0.25) is 5.02 Å². The van der Waals surface area contributed by atoms with Crippen molar-refractivity contribution in [1.29, 1.82) is 0 Å². The van der Waals surface area contributed by atoms with Crippen molar-refractivity contribution >= 4 is 28.6 Å². The zero-order valence-corrected chi connectivity index (χ0v) is 22.6. The van der Waals surface area contributed by atoms with Gasteiger partial charge in [0.25, 0.3) is 0 Å². The van der Waals surface area contributed by atoms with Crippen LogP contribution < -0.4 is 4.74 Å². The summed E-state index contributed by atoms with van der Waals surface area (Å²) in [6.07, 6.45) is -0.158. The molecule has 10 heteroatoms. The van der Waals surface area contributed by atoms with Crippen molar-refractivity contribution in [2.45, 2.75) is 19.6 Å². The van der Waals surface area contributed by atoms with Crippen molar-refractivity contribution in [2.24, 2.45) is 0 Å². The SMILES string of the molecule is COCCn1c(Cc2c(F)cc(-c3cccc(OCc4ccc(Cl)cc4F)c3)cc2F)nc2ccc(C(=O)O)cc21. The molecule has 0 aliphatic rings. The molecule has 0 fully saturated rings. The Morgan fingerprint density at radius 3 is 2.44 bits per heavy atom. The average molecular weight is 581 g/mol. The third-order valence-electron chi connectivity index (χ3n) is 6.65. The Kier molecular flexibility index (Phi) is 8.28. The summed E-state index contributed by atoms with van der Waals surface area (Å²) in [5.41, 5.74) is 2.07. The van der Waals surface area contributed by atoms with Crippen LogP contribution >= 0.6 is 11.6 Å². The second kappa shape index (κ2) is 12.0. The van der Waals surface area contributed by atoms with E-state index in [0.29, 0.717) is 52.4 Å². The number of aromatic carboxylic acids is 1. The van der Waals surface area contributed by atoms with Crippen LogP contribution in [0.25, 0.3) is 22.2 Å². The lowest BCUT2D eigenvalue weighted by Crippen LogP contribution is -2.10. The highest BCUT2D eigenvalue weighted by Crippen LogP contribution is 2.30. The predicted molar refractivity (Wildman–Crippen MR) is 149 cm³/mol. The number of ether oxygens (including phenoxy) is 2. The van der Waals surface area contributed by atoms with E-state index in [1.54, 1.807) is 41.0 Å². The van der Waals surface area contributed by atoms with E-state index in [2.05, 4.69) is 4.98 Å². The van der Waals surface area contributed by atoms with Crippen molar-refractivity contribution in [2.75, 3.05) is 13.7 Å². The van der Waals surface area contributed by atoms with Crippen molar-refractivity contribution in [3.8, 4) is 16.9 Å². The third-order valence-corrected chi connectivity index (χ3v) is 6.88. The van der Waals surface area contributed by atoms with Crippen LogP contribution in [0.15, 0.2) is 72.8 Å². The van der Waals surface area contributed by atoms with Crippen LogP contribution in [0.3, 0.4) is 0 Å². The first-order chi connectivity index (χ1) is 19.7. The molecule has 1 aromatic heterocycles. The Hall–Kier alpha value is -4.34. The van der Waals surface area contributed by atoms with Crippen molar-refractivity contribution in [3.63, 3.8) is 0 Å². The number of imidazole rings is 1. The highest BCUT2D eigenvalue weighted by molar-refractivity contribution is 6.30. The predicted octanol–water partition coefficient (Wildman–Crippen LogP) is 7.29. The van der Waals surface area contributed by atoms with Gasteiger partial charge in [0.1, 0.15) is 35.6 Å². The highest BCUT2D eigenvalue weighted by atomic mass is 35.5. The van der Waals surface area contributed by atoms with E-state index in [0.717, 1.165) is 0 Å². The zero-order valence-electron chi connectivity index (χ0n) is 21.8. The lowest BCUT2D eigenvalue weighted by molar-refractivity contribution is 0.0697. The standard InChI is InChI=1S/C31H24ClF3N2O4/c1-40-10-9-37-29-14-19(31(38)39)6-8-28(29)36-30(37)16-24-26(34)12-21(13-27(24)35)18-3-2-4-23(11-18)41-17-20-5-7-22(32)15-25(20)33/h2-8,11-15H,9-10,16-17H2,1H3,(H,38,39). The fourth-order valence-corrected chi connectivity index (χ4v) is 4.69. The zero-order chi connectivity index (χ0) is 29.1. The Labute approximate surface area is 238 Å². The molecule has 0 saturated heterocycles. The van der Waals surface area contributed by atoms with Gasteiger partial charge in [0.15, 0.2) is 0 Å². The van der Waals surface area contributed by atoms with Gasteiger partial charge in [-0.25, -0.2) is 22.9 Å². The van der Waals surface area contributed by atoms with Gasteiger partial charge < -0.3 is 19.1 Å². The molecule has 0 bridgehead atoms. The van der Waals surface area contributed by atoms with Gasteiger partial charge in [-0.1, -0.05) is 29.8 Å². The smallest absolute Gasteiger partial charge is 0.335 e. The number of hydrogen-bond acceptors (Lipinski definition) is 4. The largest absolute Gasteiger partial charge is 0.489 e. The fraction of sp³-hybridized carbons (Fsp3) is 0.161. The molecule has 5 rings (SSSR count). The first kappa shape index (κ1) is 28.2. The number of aromatic nitrogens is 2. The molecular weight excluding hydrogens is 557 g/mol. The van der Waals surface area contributed by atoms with Crippen LogP contribution in [-0.4, -0.2) is 34.3 Å². The topological polar surface area (TPSA) is 73.6 Å². The fourth-order valence-electron chi connectivity index (χ4n) is 4.53. The number of carbonyl (C=O) groups is 1. The van der Waals surface area contributed by atoms with Crippen LogP contribution in [0, 0.1) is 17.5 Å². The minimum absolute atomic E-state index is 0.0495. The number of methoxy groups -OCH3 is 1. The Morgan fingerprint density at radius 2 is 1.73 bits per heavy atom. The van der Waals surface area contributed by atoms with E-state index in [-0.39, 0.29) is 29.2 Å². The minimum atomic E-state index is -1.09. The molecule has 0 radical (unpaired) electrons. The second-order valence-electron chi connectivity index (χ2n) is 9.33. The maximum atomic E-state index is 15.4. The number of carboxylic acid groups (broad SMARTS) is 1. The maximum absolute atomic E-state index is 15.4.